The molecule has 2 N–H and O–H groups in total. The summed E-state index contributed by atoms with van der Waals surface area (Å²) in [7, 11) is 0. The summed E-state index contributed by atoms with van der Waals surface area (Å²) in [5.74, 6) is 0. The first-order valence-electron chi connectivity index (χ1n) is 7.46. The first-order chi connectivity index (χ1) is 9.56. The zero-order valence-corrected chi connectivity index (χ0v) is 13.5. The number of nitrogens with two attached hydrogens (primary N) is 1. The average molecular weight is 291 g/mol. The standard InChI is InChI=1S/C16H25N3S/c1-4-18(5-2)13-8-9-19(11-13)15-10-12(3)6-7-14(15)16(17)20/h6-7,10,13H,4-5,8-9,11H2,1-3H3,(H2,17,20). The molecule has 1 atom stereocenters. The molecular formula is C16H25N3S. The highest BCUT2D eigenvalue weighted by molar-refractivity contribution is 7.80. The maximum Gasteiger partial charge on any atom is 0.106 e. The average Bonchev–Trinajstić information content (AvgIpc) is 2.89. The molecule has 1 aromatic carbocycles. The van der Waals surface area contributed by atoms with E-state index >= 15 is 0 Å². The normalized spacial score (nSPS) is 18.8. The van der Waals surface area contributed by atoms with Crippen molar-refractivity contribution < 1.29 is 0 Å². The fourth-order valence-corrected chi connectivity index (χ4v) is 3.28. The van der Waals surface area contributed by atoms with Crippen molar-refractivity contribution >= 4 is 22.9 Å². The van der Waals surface area contributed by atoms with Gasteiger partial charge in [-0.3, -0.25) is 4.90 Å². The van der Waals surface area contributed by atoms with Gasteiger partial charge in [0.05, 0.1) is 0 Å². The van der Waals surface area contributed by atoms with Crippen LogP contribution in [0.1, 0.15) is 31.4 Å². The molecule has 1 aliphatic rings. The van der Waals surface area contributed by atoms with Gasteiger partial charge in [0.25, 0.3) is 0 Å². The summed E-state index contributed by atoms with van der Waals surface area (Å²) < 4.78 is 0. The van der Waals surface area contributed by atoms with E-state index in [2.05, 4.69) is 48.8 Å². The topological polar surface area (TPSA) is 32.5 Å². The van der Waals surface area contributed by atoms with Gasteiger partial charge in [0.2, 0.25) is 0 Å². The van der Waals surface area contributed by atoms with Crippen LogP contribution in [-0.2, 0) is 0 Å². The van der Waals surface area contributed by atoms with E-state index in [1.165, 1.54) is 17.7 Å². The Morgan fingerprint density at radius 3 is 2.70 bits per heavy atom. The lowest BCUT2D eigenvalue weighted by Gasteiger charge is -2.27. The molecule has 1 aliphatic heterocycles. The van der Waals surface area contributed by atoms with Gasteiger partial charge in [-0.05, 0) is 44.1 Å². The highest BCUT2D eigenvalue weighted by Gasteiger charge is 2.27. The van der Waals surface area contributed by atoms with E-state index in [0.29, 0.717) is 11.0 Å². The van der Waals surface area contributed by atoms with E-state index in [4.69, 9.17) is 18.0 Å². The minimum absolute atomic E-state index is 0.492. The third kappa shape index (κ3) is 3.13. The molecule has 0 amide bonds. The van der Waals surface area contributed by atoms with Crippen LogP contribution < -0.4 is 10.6 Å². The van der Waals surface area contributed by atoms with Crippen molar-refractivity contribution in [1.82, 2.24) is 4.90 Å². The zero-order valence-electron chi connectivity index (χ0n) is 12.7. The molecule has 110 valence electrons. The first kappa shape index (κ1) is 15.3. The molecule has 1 unspecified atom stereocenters. The van der Waals surface area contributed by atoms with Gasteiger partial charge in [0.1, 0.15) is 4.99 Å². The summed E-state index contributed by atoms with van der Waals surface area (Å²) in [5, 5.41) is 0. The lowest BCUT2D eigenvalue weighted by Crippen LogP contribution is -2.37. The Morgan fingerprint density at radius 1 is 1.40 bits per heavy atom. The molecule has 0 saturated carbocycles. The number of anilines is 1. The second-order valence-electron chi connectivity index (χ2n) is 5.49. The molecule has 0 bridgehead atoms. The van der Waals surface area contributed by atoms with Crippen LogP contribution in [0.3, 0.4) is 0 Å². The third-order valence-corrected chi connectivity index (χ3v) is 4.47. The summed E-state index contributed by atoms with van der Waals surface area (Å²) in [6.45, 7) is 11.0. The number of rotatable bonds is 5. The summed E-state index contributed by atoms with van der Waals surface area (Å²) >= 11 is 5.20. The Bertz CT molecular complexity index is 483. The van der Waals surface area contributed by atoms with Crippen molar-refractivity contribution in [3.63, 3.8) is 0 Å². The van der Waals surface area contributed by atoms with Crippen LogP contribution in [0.4, 0.5) is 5.69 Å². The van der Waals surface area contributed by atoms with Crippen LogP contribution in [-0.4, -0.2) is 42.1 Å². The first-order valence-corrected chi connectivity index (χ1v) is 7.87. The maximum absolute atomic E-state index is 5.87. The van der Waals surface area contributed by atoms with Crippen molar-refractivity contribution in [1.29, 1.82) is 0 Å². The minimum atomic E-state index is 0.492. The molecule has 0 radical (unpaired) electrons. The van der Waals surface area contributed by atoms with E-state index < -0.39 is 0 Å². The van der Waals surface area contributed by atoms with Crippen molar-refractivity contribution in [2.75, 3.05) is 31.1 Å². The molecule has 0 spiro atoms. The highest BCUT2D eigenvalue weighted by atomic mass is 32.1. The SMILES string of the molecule is CCN(CC)C1CCN(c2cc(C)ccc2C(N)=S)C1. The number of aryl methyl sites for hydroxylation is 1. The second-order valence-corrected chi connectivity index (χ2v) is 5.93. The van der Waals surface area contributed by atoms with Crippen molar-refractivity contribution in [3.8, 4) is 0 Å². The third-order valence-electron chi connectivity index (χ3n) is 4.25. The molecule has 1 heterocycles. The molecule has 3 nitrogen and oxygen atoms in total. The van der Waals surface area contributed by atoms with E-state index in [1.807, 2.05) is 0 Å². The molecule has 2 rings (SSSR count). The van der Waals surface area contributed by atoms with Crippen LogP contribution in [0.2, 0.25) is 0 Å². The summed E-state index contributed by atoms with van der Waals surface area (Å²) in [6, 6.07) is 6.98. The Morgan fingerprint density at radius 2 is 2.10 bits per heavy atom. The van der Waals surface area contributed by atoms with Crippen LogP contribution in [0, 0.1) is 6.92 Å². The Labute approximate surface area is 127 Å². The fourth-order valence-electron chi connectivity index (χ4n) is 3.11. The van der Waals surface area contributed by atoms with Crippen molar-refractivity contribution in [3.05, 3.63) is 29.3 Å². The second kappa shape index (κ2) is 6.55. The van der Waals surface area contributed by atoms with Gasteiger partial charge in [-0.1, -0.05) is 32.1 Å². The quantitative estimate of drug-likeness (QED) is 0.845. The monoisotopic (exact) mass is 291 g/mol. The number of hydrogen-bond donors (Lipinski definition) is 1. The Kier molecular flexibility index (Phi) is 5.00. The summed E-state index contributed by atoms with van der Waals surface area (Å²) in [4.78, 5) is 5.46. The van der Waals surface area contributed by atoms with Gasteiger partial charge in [0.15, 0.2) is 0 Å². The van der Waals surface area contributed by atoms with Crippen LogP contribution in [0.5, 0.6) is 0 Å². The summed E-state index contributed by atoms with van der Waals surface area (Å²) in [6.07, 6.45) is 1.21. The number of nitrogens with zero attached hydrogens (tertiary/aromatic N) is 2. The molecule has 20 heavy (non-hydrogen) atoms. The van der Waals surface area contributed by atoms with Crippen LogP contribution in [0.15, 0.2) is 18.2 Å². The number of benzene rings is 1. The molecule has 1 saturated heterocycles. The van der Waals surface area contributed by atoms with E-state index in [9.17, 15) is 0 Å². The van der Waals surface area contributed by atoms with Gasteiger partial charge in [-0.15, -0.1) is 0 Å². The Hall–Kier alpha value is -1.13. The van der Waals surface area contributed by atoms with Gasteiger partial charge in [-0.25, -0.2) is 0 Å². The van der Waals surface area contributed by atoms with Gasteiger partial charge in [0, 0.05) is 30.4 Å². The van der Waals surface area contributed by atoms with Crippen molar-refractivity contribution in [2.24, 2.45) is 5.73 Å². The molecule has 4 heteroatoms. The fraction of sp³-hybridized carbons (Fsp3) is 0.562. The largest absolute Gasteiger partial charge is 0.389 e. The van der Waals surface area contributed by atoms with E-state index in [-0.39, 0.29) is 0 Å². The lowest BCUT2D eigenvalue weighted by molar-refractivity contribution is 0.232. The highest BCUT2D eigenvalue weighted by Crippen LogP contribution is 2.27. The van der Waals surface area contributed by atoms with Crippen molar-refractivity contribution in [2.45, 2.75) is 33.2 Å². The van der Waals surface area contributed by atoms with Crippen LogP contribution in [0.25, 0.3) is 0 Å². The van der Waals surface area contributed by atoms with E-state index in [0.717, 1.165) is 31.7 Å². The maximum atomic E-state index is 5.87. The van der Waals surface area contributed by atoms with E-state index in [1.54, 1.807) is 0 Å². The zero-order chi connectivity index (χ0) is 14.7. The van der Waals surface area contributed by atoms with Gasteiger partial charge < -0.3 is 10.6 Å². The number of thiocarbonyl (C=S) groups is 1. The molecular weight excluding hydrogens is 266 g/mol. The molecule has 0 aromatic heterocycles. The predicted molar refractivity (Wildman–Crippen MR) is 90.6 cm³/mol. The lowest BCUT2D eigenvalue weighted by atomic mass is 10.1. The van der Waals surface area contributed by atoms with Gasteiger partial charge in [-0.2, -0.15) is 0 Å². The predicted octanol–water partition coefficient (Wildman–Crippen LogP) is 2.55. The summed E-state index contributed by atoms with van der Waals surface area (Å²) in [5.41, 5.74) is 9.34. The number of likely N-dealkylation sites (N-methyl/N-ethyl adjacent to an activating group) is 1. The smallest absolute Gasteiger partial charge is 0.106 e. The van der Waals surface area contributed by atoms with Gasteiger partial charge >= 0.3 is 0 Å². The minimum Gasteiger partial charge on any atom is -0.389 e. The number of hydrogen-bond acceptors (Lipinski definition) is 3. The molecule has 1 aromatic rings. The molecule has 0 aliphatic carbocycles. The Balaban J connectivity index is 2.21. The van der Waals surface area contributed by atoms with Crippen LogP contribution >= 0.6 is 12.2 Å². The molecule has 1 fully saturated rings.